The lowest BCUT2D eigenvalue weighted by molar-refractivity contribution is -0.0451. The molecule has 0 spiro atoms. The first-order chi connectivity index (χ1) is 13.9. The van der Waals surface area contributed by atoms with Gasteiger partial charge in [0.25, 0.3) is 5.56 Å². The van der Waals surface area contributed by atoms with Crippen molar-refractivity contribution in [2.24, 2.45) is 0 Å². The number of aromatic amines is 1. The largest absolute Gasteiger partial charge is 0.469 e. The Hall–Kier alpha value is -2.14. The number of phosphoric acid groups is 1. The van der Waals surface area contributed by atoms with Gasteiger partial charge in [-0.25, -0.2) is 9.36 Å². The van der Waals surface area contributed by atoms with Crippen LogP contribution in [0.1, 0.15) is 35.2 Å². The summed E-state index contributed by atoms with van der Waals surface area (Å²) in [6.07, 6.45) is -1.57. The maximum atomic E-state index is 11.7. The lowest BCUT2D eigenvalue weighted by atomic mass is 10.2. The van der Waals surface area contributed by atoms with Crippen LogP contribution in [0, 0.1) is 27.7 Å². The number of aromatic nitrogens is 3. The van der Waals surface area contributed by atoms with Crippen molar-refractivity contribution >= 4 is 7.82 Å². The molecule has 0 aromatic carbocycles. The lowest BCUT2D eigenvalue weighted by Gasteiger charge is -2.16. The normalized spacial score (nSPS) is 21.2. The molecule has 1 saturated heterocycles. The molecule has 0 radical (unpaired) electrons. The first-order valence-electron chi connectivity index (χ1n) is 9.13. The molecule has 12 heteroatoms. The molecule has 2 aromatic rings. The van der Waals surface area contributed by atoms with E-state index in [1.54, 1.807) is 0 Å². The number of ether oxygens (including phenoxy) is 1. The topological polar surface area (TPSA) is 164 Å². The van der Waals surface area contributed by atoms with Crippen LogP contribution in [0.2, 0.25) is 0 Å². The van der Waals surface area contributed by atoms with E-state index in [9.17, 15) is 19.3 Å². The Labute approximate surface area is 172 Å². The number of aryl methyl sites for hydroxylation is 4. The number of aliphatic hydroxyl groups is 1. The molecule has 11 nitrogen and oxygen atoms in total. The summed E-state index contributed by atoms with van der Waals surface area (Å²) in [5.41, 5.74) is 2.58. The van der Waals surface area contributed by atoms with Crippen LogP contribution in [0.5, 0.6) is 0 Å². The summed E-state index contributed by atoms with van der Waals surface area (Å²) in [6, 6.07) is 4.15. The quantitative estimate of drug-likeness (QED) is 0.496. The second-order valence-corrected chi connectivity index (χ2v) is 8.36. The molecular formula is C18H26N3O8P. The molecule has 3 atom stereocenters. The predicted molar refractivity (Wildman–Crippen MR) is 107 cm³/mol. The third-order valence-corrected chi connectivity index (χ3v) is 4.78. The molecule has 1 aliphatic heterocycles. The van der Waals surface area contributed by atoms with Gasteiger partial charge in [0.15, 0.2) is 0 Å². The van der Waals surface area contributed by atoms with Crippen molar-refractivity contribution in [2.75, 3.05) is 6.61 Å². The van der Waals surface area contributed by atoms with Crippen molar-refractivity contribution in [2.45, 2.75) is 52.6 Å². The fourth-order valence-electron chi connectivity index (χ4n) is 3.05. The van der Waals surface area contributed by atoms with Gasteiger partial charge in [0.1, 0.15) is 12.3 Å². The van der Waals surface area contributed by atoms with E-state index in [0.717, 1.165) is 16.0 Å². The molecule has 30 heavy (non-hydrogen) atoms. The summed E-state index contributed by atoms with van der Waals surface area (Å²) in [4.78, 5) is 46.6. The molecule has 0 bridgehead atoms. The highest BCUT2D eigenvalue weighted by molar-refractivity contribution is 7.46. The number of hydrogen-bond donors (Lipinski definition) is 4. The molecule has 2 aromatic heterocycles. The van der Waals surface area contributed by atoms with Crippen molar-refractivity contribution in [1.82, 2.24) is 14.5 Å². The first kappa shape index (κ1) is 24.1. The van der Waals surface area contributed by atoms with Gasteiger partial charge in [-0.3, -0.25) is 23.9 Å². The average molecular weight is 443 g/mol. The molecule has 1 aliphatic rings. The molecule has 4 N–H and O–H groups in total. The number of hydrogen-bond acceptors (Lipinski definition) is 7. The van der Waals surface area contributed by atoms with E-state index in [1.807, 2.05) is 13.8 Å². The van der Waals surface area contributed by atoms with Gasteiger partial charge in [0.2, 0.25) is 0 Å². The maximum Gasteiger partial charge on any atom is 0.469 e. The van der Waals surface area contributed by atoms with Crippen LogP contribution in [0.3, 0.4) is 0 Å². The Morgan fingerprint density at radius 2 is 1.83 bits per heavy atom. The van der Waals surface area contributed by atoms with Gasteiger partial charge < -0.3 is 19.6 Å². The van der Waals surface area contributed by atoms with Crippen LogP contribution < -0.4 is 11.2 Å². The van der Waals surface area contributed by atoms with E-state index >= 15 is 0 Å². The van der Waals surface area contributed by atoms with Crippen LogP contribution in [0.4, 0.5) is 0 Å². The third-order valence-electron chi connectivity index (χ3n) is 4.29. The third kappa shape index (κ3) is 6.98. The highest BCUT2D eigenvalue weighted by Crippen LogP contribution is 2.38. The van der Waals surface area contributed by atoms with Gasteiger partial charge in [0.05, 0.1) is 12.7 Å². The number of phosphoric ester groups is 1. The molecule has 0 amide bonds. The summed E-state index contributed by atoms with van der Waals surface area (Å²) in [7, 11) is -4.67. The van der Waals surface area contributed by atoms with E-state index < -0.39 is 44.1 Å². The van der Waals surface area contributed by atoms with Crippen molar-refractivity contribution in [3.05, 3.63) is 61.7 Å². The van der Waals surface area contributed by atoms with E-state index in [4.69, 9.17) is 14.5 Å². The molecule has 3 rings (SSSR count). The zero-order valence-corrected chi connectivity index (χ0v) is 18.0. The monoisotopic (exact) mass is 443 g/mol. The minimum absolute atomic E-state index is 0.0283. The molecular weight excluding hydrogens is 417 g/mol. The summed E-state index contributed by atoms with van der Waals surface area (Å²) < 4.78 is 21.4. The summed E-state index contributed by atoms with van der Waals surface area (Å²) in [5, 5.41) is 9.79. The fourth-order valence-corrected chi connectivity index (χ4v) is 3.39. The zero-order valence-electron chi connectivity index (χ0n) is 17.1. The van der Waals surface area contributed by atoms with Crippen LogP contribution >= 0.6 is 7.82 Å². The number of pyridine rings is 1. The Balaban J connectivity index is 0.000000297. The Morgan fingerprint density at radius 1 is 1.23 bits per heavy atom. The van der Waals surface area contributed by atoms with Gasteiger partial charge >= 0.3 is 13.5 Å². The number of rotatable bonds is 4. The number of H-pyrrole nitrogens is 1. The van der Waals surface area contributed by atoms with Gasteiger partial charge in [-0.05, 0) is 45.4 Å². The van der Waals surface area contributed by atoms with Crippen molar-refractivity contribution in [3.8, 4) is 0 Å². The van der Waals surface area contributed by atoms with Gasteiger partial charge in [0, 0.05) is 29.6 Å². The molecule has 1 fully saturated rings. The predicted octanol–water partition coefficient (Wildman–Crippen LogP) is 0.610. The van der Waals surface area contributed by atoms with Crippen LogP contribution in [-0.2, 0) is 13.8 Å². The molecule has 3 heterocycles. The fraction of sp³-hybridized carbons (Fsp3) is 0.500. The Bertz CT molecular complexity index is 994. The van der Waals surface area contributed by atoms with Gasteiger partial charge in [-0.1, -0.05) is 0 Å². The van der Waals surface area contributed by atoms with E-state index in [2.05, 4.69) is 33.5 Å². The average Bonchev–Trinajstić information content (AvgIpc) is 2.95. The summed E-state index contributed by atoms with van der Waals surface area (Å²) in [5.74, 6) is 0. The Kier molecular flexibility index (Phi) is 7.87. The van der Waals surface area contributed by atoms with Gasteiger partial charge in [-0.2, -0.15) is 0 Å². The summed E-state index contributed by atoms with van der Waals surface area (Å²) >= 11 is 0. The van der Waals surface area contributed by atoms with E-state index in [0.29, 0.717) is 5.56 Å². The molecule has 0 saturated carbocycles. The molecule has 0 aliphatic carbocycles. The minimum atomic E-state index is -4.67. The number of nitrogens with zero attached hydrogens (tertiary/aromatic N) is 2. The van der Waals surface area contributed by atoms with Crippen LogP contribution in [-0.4, -0.2) is 48.2 Å². The second kappa shape index (κ2) is 9.78. The van der Waals surface area contributed by atoms with Crippen molar-refractivity contribution in [3.63, 3.8) is 0 Å². The van der Waals surface area contributed by atoms with E-state index in [-0.39, 0.29) is 6.42 Å². The highest BCUT2D eigenvalue weighted by atomic mass is 31.2. The lowest BCUT2D eigenvalue weighted by Crippen LogP contribution is -2.33. The highest BCUT2D eigenvalue weighted by Gasteiger charge is 2.37. The van der Waals surface area contributed by atoms with Crippen LogP contribution in [0.25, 0.3) is 0 Å². The second-order valence-electron chi connectivity index (χ2n) is 7.12. The van der Waals surface area contributed by atoms with E-state index in [1.165, 1.54) is 18.7 Å². The van der Waals surface area contributed by atoms with Crippen LogP contribution in [0.15, 0.2) is 27.9 Å². The molecule has 166 valence electrons. The standard InChI is InChI=1S/C10H15N2O8P.C8H11N/c1-5-3-12(10(15)11-9(5)14)8-2-6(13)7(20-8)4-19-21(16,17)18;1-6-4-7(2)9-8(3)5-6/h3,6-8,13H,2,4H2,1H3,(H,11,14,15)(H2,16,17,18);4-5H,1-3H3/t6-,7+,8+;/m0./s1. The smallest absolute Gasteiger partial charge is 0.390 e. The van der Waals surface area contributed by atoms with Crippen molar-refractivity contribution in [1.29, 1.82) is 0 Å². The zero-order chi connectivity index (χ0) is 22.6. The summed E-state index contributed by atoms with van der Waals surface area (Å²) in [6.45, 7) is 7.11. The Morgan fingerprint density at radius 3 is 2.37 bits per heavy atom. The molecule has 0 unspecified atom stereocenters. The number of nitrogens with one attached hydrogen (secondary N) is 1. The van der Waals surface area contributed by atoms with Crippen molar-refractivity contribution < 1.29 is 28.7 Å². The van der Waals surface area contributed by atoms with Gasteiger partial charge in [-0.15, -0.1) is 0 Å². The maximum absolute atomic E-state index is 11.7. The SMILES string of the molecule is Cc1cc(C)nc(C)c1.Cc1cn([C@H]2C[C@H](O)[C@@H](COP(=O)(O)O)O2)c(=O)[nH]c1=O. The number of aliphatic hydroxyl groups excluding tert-OH is 1. The first-order valence-corrected chi connectivity index (χ1v) is 10.7. The minimum Gasteiger partial charge on any atom is -0.390 e.